The number of carbonyl (C=O) groups excluding carboxylic acids is 1. The summed E-state index contributed by atoms with van der Waals surface area (Å²) >= 11 is 7.67. The Morgan fingerprint density at radius 3 is 2.83 bits per heavy atom. The standard InChI is InChI=1S/C17H13ClN2O3S/c1-9-3-5-11(18)15-14(9)20(2)17(24-15)19-16(21)10-4-6-12-13(7-10)23-8-22-12/h3-7H,8H2,1-2H3. The fourth-order valence-electron chi connectivity index (χ4n) is 2.69. The third kappa shape index (κ3) is 2.39. The molecule has 0 fully saturated rings. The van der Waals surface area contributed by atoms with Gasteiger partial charge >= 0.3 is 0 Å². The molecule has 0 unspecified atom stereocenters. The van der Waals surface area contributed by atoms with Crippen LogP contribution in [-0.2, 0) is 7.05 Å². The van der Waals surface area contributed by atoms with E-state index in [0.717, 1.165) is 15.8 Å². The summed E-state index contributed by atoms with van der Waals surface area (Å²) in [6.45, 7) is 2.18. The lowest BCUT2D eigenvalue weighted by Gasteiger charge is -2.01. The van der Waals surface area contributed by atoms with E-state index in [-0.39, 0.29) is 12.7 Å². The molecule has 0 radical (unpaired) electrons. The molecule has 1 aromatic heterocycles. The average Bonchev–Trinajstić information content (AvgIpc) is 3.16. The molecular weight excluding hydrogens is 348 g/mol. The third-order valence-corrected chi connectivity index (χ3v) is 5.51. The molecule has 2 aromatic carbocycles. The Balaban J connectivity index is 1.82. The highest BCUT2D eigenvalue weighted by Crippen LogP contribution is 2.33. The molecule has 2 heterocycles. The van der Waals surface area contributed by atoms with Crippen molar-refractivity contribution in [1.82, 2.24) is 4.57 Å². The van der Waals surface area contributed by atoms with Crippen LogP contribution >= 0.6 is 22.9 Å². The van der Waals surface area contributed by atoms with E-state index in [0.29, 0.717) is 26.9 Å². The molecule has 24 heavy (non-hydrogen) atoms. The van der Waals surface area contributed by atoms with Crippen molar-refractivity contribution in [2.24, 2.45) is 12.0 Å². The first-order chi connectivity index (χ1) is 11.5. The number of amides is 1. The van der Waals surface area contributed by atoms with Crippen LogP contribution in [0, 0.1) is 6.92 Å². The maximum atomic E-state index is 12.5. The third-order valence-electron chi connectivity index (χ3n) is 3.92. The first-order valence-electron chi connectivity index (χ1n) is 7.28. The fourth-order valence-corrected chi connectivity index (χ4v) is 4.06. The molecule has 1 aliphatic rings. The number of aromatic nitrogens is 1. The minimum atomic E-state index is -0.329. The van der Waals surface area contributed by atoms with E-state index in [1.165, 1.54) is 11.3 Å². The highest BCUT2D eigenvalue weighted by atomic mass is 35.5. The molecule has 0 saturated carbocycles. The van der Waals surface area contributed by atoms with E-state index in [9.17, 15) is 4.79 Å². The maximum Gasteiger partial charge on any atom is 0.279 e. The molecule has 4 rings (SSSR count). The maximum absolute atomic E-state index is 12.5. The van der Waals surface area contributed by atoms with Gasteiger partial charge in [0.2, 0.25) is 6.79 Å². The molecule has 3 aromatic rings. The second-order valence-electron chi connectivity index (χ2n) is 5.47. The van der Waals surface area contributed by atoms with Crippen LogP contribution in [-0.4, -0.2) is 17.3 Å². The van der Waals surface area contributed by atoms with Crippen LogP contribution in [0.3, 0.4) is 0 Å². The summed E-state index contributed by atoms with van der Waals surface area (Å²) < 4.78 is 13.4. The predicted molar refractivity (Wildman–Crippen MR) is 93.0 cm³/mol. The number of hydrogen-bond donors (Lipinski definition) is 0. The van der Waals surface area contributed by atoms with Gasteiger partial charge in [-0.3, -0.25) is 4.79 Å². The zero-order chi connectivity index (χ0) is 16.8. The zero-order valence-corrected chi connectivity index (χ0v) is 14.6. The van der Waals surface area contributed by atoms with Crippen molar-refractivity contribution < 1.29 is 14.3 Å². The molecule has 0 atom stereocenters. The summed E-state index contributed by atoms with van der Waals surface area (Å²) in [7, 11) is 1.88. The van der Waals surface area contributed by atoms with Crippen LogP contribution in [0.2, 0.25) is 5.02 Å². The minimum absolute atomic E-state index is 0.174. The normalized spacial score (nSPS) is 13.7. The summed E-state index contributed by atoms with van der Waals surface area (Å²) in [5, 5.41) is 0.660. The Bertz CT molecular complexity index is 1050. The molecule has 0 bridgehead atoms. The molecule has 5 nitrogen and oxygen atoms in total. The van der Waals surface area contributed by atoms with Crippen LogP contribution in [0.4, 0.5) is 0 Å². The van der Waals surface area contributed by atoms with Gasteiger partial charge in [-0.25, -0.2) is 0 Å². The Morgan fingerprint density at radius 1 is 1.25 bits per heavy atom. The lowest BCUT2D eigenvalue weighted by molar-refractivity contribution is 0.0997. The summed E-state index contributed by atoms with van der Waals surface area (Å²) in [6.07, 6.45) is 0. The fraction of sp³-hybridized carbons (Fsp3) is 0.176. The smallest absolute Gasteiger partial charge is 0.279 e. The van der Waals surface area contributed by atoms with Gasteiger partial charge in [-0.1, -0.05) is 29.0 Å². The molecule has 0 aliphatic carbocycles. The lowest BCUT2D eigenvalue weighted by Crippen LogP contribution is -2.13. The predicted octanol–water partition coefficient (Wildman–Crippen LogP) is 3.67. The van der Waals surface area contributed by atoms with Crippen molar-refractivity contribution in [2.75, 3.05) is 6.79 Å². The van der Waals surface area contributed by atoms with Crippen molar-refractivity contribution in [2.45, 2.75) is 6.92 Å². The van der Waals surface area contributed by atoms with E-state index in [1.54, 1.807) is 18.2 Å². The van der Waals surface area contributed by atoms with Gasteiger partial charge < -0.3 is 14.0 Å². The number of thiazole rings is 1. The molecule has 0 N–H and O–H groups in total. The number of carbonyl (C=O) groups is 1. The second-order valence-corrected chi connectivity index (χ2v) is 6.86. The minimum Gasteiger partial charge on any atom is -0.454 e. The van der Waals surface area contributed by atoms with Crippen molar-refractivity contribution in [3.8, 4) is 11.5 Å². The van der Waals surface area contributed by atoms with Crippen LogP contribution in [0.1, 0.15) is 15.9 Å². The Kier molecular flexibility index (Phi) is 3.58. The summed E-state index contributed by atoms with van der Waals surface area (Å²) in [5.74, 6) is 0.876. The summed E-state index contributed by atoms with van der Waals surface area (Å²) in [5.41, 5.74) is 2.54. The topological polar surface area (TPSA) is 52.8 Å². The largest absolute Gasteiger partial charge is 0.454 e. The van der Waals surface area contributed by atoms with Crippen molar-refractivity contribution in [1.29, 1.82) is 0 Å². The molecule has 0 spiro atoms. The number of fused-ring (bicyclic) bond motifs is 2. The van der Waals surface area contributed by atoms with Crippen LogP contribution in [0.5, 0.6) is 11.5 Å². The highest BCUT2D eigenvalue weighted by molar-refractivity contribution is 7.17. The van der Waals surface area contributed by atoms with Crippen LogP contribution < -0.4 is 14.3 Å². The van der Waals surface area contributed by atoms with Crippen molar-refractivity contribution >= 4 is 39.1 Å². The summed E-state index contributed by atoms with van der Waals surface area (Å²) in [4.78, 5) is 17.4. The number of ether oxygens (including phenoxy) is 2. The molecule has 122 valence electrons. The number of nitrogens with zero attached hydrogens (tertiary/aromatic N) is 2. The van der Waals surface area contributed by atoms with Crippen LogP contribution in [0.15, 0.2) is 35.3 Å². The van der Waals surface area contributed by atoms with Crippen molar-refractivity contribution in [3.05, 3.63) is 51.3 Å². The van der Waals surface area contributed by atoms with Gasteiger partial charge in [0, 0.05) is 12.6 Å². The molecule has 0 saturated heterocycles. The Morgan fingerprint density at radius 2 is 2.04 bits per heavy atom. The van der Waals surface area contributed by atoms with Gasteiger partial charge in [0.05, 0.1) is 15.2 Å². The molecule has 7 heteroatoms. The molecule has 1 amide bonds. The number of aryl methyl sites for hydroxylation is 2. The Hall–Kier alpha value is -2.31. The number of rotatable bonds is 1. The Labute approximate surface area is 146 Å². The summed E-state index contributed by atoms with van der Waals surface area (Å²) in [6, 6.07) is 8.88. The number of halogens is 1. The molecule has 1 aliphatic heterocycles. The van der Waals surface area contributed by atoms with E-state index >= 15 is 0 Å². The SMILES string of the molecule is Cc1ccc(Cl)c2sc(=NC(=O)c3ccc4c(c3)OCO4)n(C)c12. The van der Waals surface area contributed by atoms with E-state index < -0.39 is 0 Å². The van der Waals surface area contributed by atoms with E-state index in [2.05, 4.69) is 4.99 Å². The number of benzene rings is 2. The van der Waals surface area contributed by atoms with Gasteiger partial charge in [-0.2, -0.15) is 4.99 Å². The number of hydrogen-bond acceptors (Lipinski definition) is 4. The monoisotopic (exact) mass is 360 g/mol. The first kappa shape index (κ1) is 15.2. The first-order valence-corrected chi connectivity index (χ1v) is 8.47. The second kappa shape index (κ2) is 5.65. The van der Waals surface area contributed by atoms with Crippen molar-refractivity contribution in [3.63, 3.8) is 0 Å². The highest BCUT2D eigenvalue weighted by Gasteiger charge is 2.16. The van der Waals surface area contributed by atoms with E-state index in [4.69, 9.17) is 21.1 Å². The molecular formula is C17H13ClN2O3S. The van der Waals surface area contributed by atoms with Gasteiger partial charge in [-0.15, -0.1) is 0 Å². The van der Waals surface area contributed by atoms with Gasteiger partial charge in [0.1, 0.15) is 0 Å². The van der Waals surface area contributed by atoms with Gasteiger partial charge in [0.15, 0.2) is 16.3 Å². The quantitative estimate of drug-likeness (QED) is 0.665. The van der Waals surface area contributed by atoms with E-state index in [1.807, 2.05) is 30.7 Å². The van der Waals surface area contributed by atoms with Crippen LogP contribution in [0.25, 0.3) is 10.2 Å². The van der Waals surface area contributed by atoms with Gasteiger partial charge in [-0.05, 0) is 36.8 Å². The average molecular weight is 361 g/mol. The van der Waals surface area contributed by atoms with Gasteiger partial charge in [0.25, 0.3) is 5.91 Å². The zero-order valence-electron chi connectivity index (χ0n) is 13.0. The lowest BCUT2D eigenvalue weighted by atomic mass is 10.2.